The molecule has 1 unspecified atom stereocenters. The molecule has 9 heteroatoms. The van der Waals surface area contributed by atoms with E-state index < -0.39 is 27.7 Å². The van der Waals surface area contributed by atoms with Gasteiger partial charge >= 0.3 is 6.03 Å². The standard InChI is InChI=1S/C14H18ClFN2O4S/c1-22-7-6-18(10-5-8-23(20,21)9-10)14(19)17-13-11(15)3-2-4-12(13)16/h2-4,10H,5-9H2,1H3,(H,17,19). The smallest absolute Gasteiger partial charge is 0.322 e. The molecule has 128 valence electrons. The number of halogens is 2. The fraction of sp³-hybridized carbons (Fsp3) is 0.500. The Bertz CT molecular complexity index is 663. The fourth-order valence-electron chi connectivity index (χ4n) is 2.46. The Kier molecular flexibility index (Phi) is 5.83. The number of methoxy groups -OCH3 is 1. The van der Waals surface area contributed by atoms with E-state index in [0.717, 1.165) is 0 Å². The average molecular weight is 365 g/mol. The summed E-state index contributed by atoms with van der Waals surface area (Å²) in [7, 11) is -1.67. The zero-order valence-electron chi connectivity index (χ0n) is 12.6. The van der Waals surface area contributed by atoms with Crippen molar-refractivity contribution in [2.45, 2.75) is 12.5 Å². The molecule has 0 spiro atoms. The van der Waals surface area contributed by atoms with Gasteiger partial charge in [-0.25, -0.2) is 17.6 Å². The quantitative estimate of drug-likeness (QED) is 0.868. The number of para-hydroxylation sites is 1. The Hall–Kier alpha value is -1.38. The van der Waals surface area contributed by atoms with Crippen molar-refractivity contribution in [3.05, 3.63) is 29.0 Å². The molecule has 0 radical (unpaired) electrons. The number of nitrogens with one attached hydrogen (secondary N) is 1. The molecule has 1 heterocycles. The van der Waals surface area contributed by atoms with Gasteiger partial charge in [-0.15, -0.1) is 0 Å². The third-order valence-electron chi connectivity index (χ3n) is 3.64. The van der Waals surface area contributed by atoms with Crippen molar-refractivity contribution in [1.82, 2.24) is 4.90 Å². The number of benzene rings is 1. The first kappa shape index (κ1) is 18.0. The van der Waals surface area contributed by atoms with Gasteiger partial charge in [0.1, 0.15) is 5.82 Å². The Balaban J connectivity index is 2.17. The number of sulfone groups is 1. The highest BCUT2D eigenvalue weighted by atomic mass is 35.5. The number of ether oxygens (including phenoxy) is 1. The number of anilines is 1. The number of carbonyl (C=O) groups excluding carboxylic acids is 1. The number of rotatable bonds is 5. The van der Waals surface area contributed by atoms with E-state index in [4.69, 9.17) is 16.3 Å². The van der Waals surface area contributed by atoms with E-state index in [9.17, 15) is 17.6 Å². The highest BCUT2D eigenvalue weighted by Gasteiger charge is 2.34. The van der Waals surface area contributed by atoms with Crippen LogP contribution in [0.25, 0.3) is 0 Å². The summed E-state index contributed by atoms with van der Waals surface area (Å²) < 4.78 is 42.0. The van der Waals surface area contributed by atoms with Crippen molar-refractivity contribution in [3.63, 3.8) is 0 Å². The van der Waals surface area contributed by atoms with Crippen LogP contribution in [0, 0.1) is 5.82 Å². The summed E-state index contributed by atoms with van der Waals surface area (Å²) >= 11 is 5.89. The second-order valence-electron chi connectivity index (χ2n) is 5.27. The first-order valence-corrected chi connectivity index (χ1v) is 9.25. The lowest BCUT2D eigenvalue weighted by atomic mass is 10.2. The van der Waals surface area contributed by atoms with Gasteiger partial charge in [0.2, 0.25) is 0 Å². The van der Waals surface area contributed by atoms with Gasteiger partial charge in [0.05, 0.1) is 28.8 Å². The van der Waals surface area contributed by atoms with Crippen LogP contribution in [0.15, 0.2) is 18.2 Å². The first-order valence-electron chi connectivity index (χ1n) is 7.05. The summed E-state index contributed by atoms with van der Waals surface area (Å²) in [5.74, 6) is -0.721. The predicted octanol–water partition coefficient (Wildman–Crippen LogP) is 2.15. The third kappa shape index (κ3) is 4.55. The molecule has 0 aliphatic carbocycles. The minimum Gasteiger partial charge on any atom is -0.383 e. The van der Waals surface area contributed by atoms with E-state index in [1.165, 1.54) is 30.2 Å². The molecule has 0 aromatic heterocycles. The number of nitrogens with zero attached hydrogens (tertiary/aromatic N) is 1. The van der Waals surface area contributed by atoms with Crippen molar-refractivity contribution < 1.29 is 22.3 Å². The molecule has 1 aliphatic rings. The second kappa shape index (κ2) is 7.46. The van der Waals surface area contributed by atoms with Gasteiger partial charge in [-0.2, -0.15) is 0 Å². The van der Waals surface area contributed by atoms with Gasteiger partial charge in [0, 0.05) is 19.7 Å². The molecule has 1 saturated heterocycles. The minimum atomic E-state index is -3.15. The van der Waals surface area contributed by atoms with Gasteiger partial charge in [-0.05, 0) is 18.6 Å². The van der Waals surface area contributed by atoms with Crippen molar-refractivity contribution >= 4 is 33.2 Å². The van der Waals surface area contributed by atoms with Crippen molar-refractivity contribution in [3.8, 4) is 0 Å². The fourth-order valence-corrected chi connectivity index (χ4v) is 4.40. The highest BCUT2D eigenvalue weighted by molar-refractivity contribution is 7.91. The molecule has 6 nitrogen and oxygen atoms in total. The maximum absolute atomic E-state index is 13.8. The summed E-state index contributed by atoms with van der Waals surface area (Å²) in [4.78, 5) is 13.8. The van der Waals surface area contributed by atoms with Gasteiger partial charge in [0.15, 0.2) is 9.84 Å². The topological polar surface area (TPSA) is 75.7 Å². The Morgan fingerprint density at radius 2 is 2.26 bits per heavy atom. The van der Waals surface area contributed by atoms with Crippen LogP contribution >= 0.6 is 11.6 Å². The molecular formula is C14H18ClFN2O4S. The molecular weight excluding hydrogens is 347 g/mol. The van der Waals surface area contributed by atoms with Crippen molar-refractivity contribution in [2.24, 2.45) is 0 Å². The average Bonchev–Trinajstić information content (AvgIpc) is 2.83. The predicted molar refractivity (Wildman–Crippen MR) is 86.1 cm³/mol. The SMILES string of the molecule is COCCN(C(=O)Nc1c(F)cccc1Cl)C1CCS(=O)(=O)C1. The number of amides is 2. The lowest BCUT2D eigenvalue weighted by Gasteiger charge is -2.28. The zero-order chi connectivity index (χ0) is 17.0. The number of hydrogen-bond acceptors (Lipinski definition) is 4. The highest BCUT2D eigenvalue weighted by Crippen LogP contribution is 2.26. The van der Waals surface area contributed by atoms with Crippen LogP contribution in [0.2, 0.25) is 5.02 Å². The van der Waals surface area contributed by atoms with Crippen LogP contribution in [0.1, 0.15) is 6.42 Å². The normalized spacial score (nSPS) is 19.5. The first-order chi connectivity index (χ1) is 10.8. The van der Waals surface area contributed by atoms with Gasteiger partial charge in [-0.1, -0.05) is 17.7 Å². The van der Waals surface area contributed by atoms with Crippen LogP contribution in [0.4, 0.5) is 14.9 Å². The summed E-state index contributed by atoms with van der Waals surface area (Å²) in [6.45, 7) is 0.448. The van der Waals surface area contributed by atoms with E-state index in [1.807, 2.05) is 0 Å². The van der Waals surface area contributed by atoms with E-state index in [-0.39, 0.29) is 35.4 Å². The maximum atomic E-state index is 13.8. The molecule has 1 aromatic carbocycles. The molecule has 1 fully saturated rings. The molecule has 2 rings (SSSR count). The second-order valence-corrected chi connectivity index (χ2v) is 7.91. The van der Waals surface area contributed by atoms with Crippen LogP contribution < -0.4 is 5.32 Å². The Morgan fingerprint density at radius 3 is 2.83 bits per heavy atom. The monoisotopic (exact) mass is 364 g/mol. The number of carbonyl (C=O) groups is 1. The molecule has 23 heavy (non-hydrogen) atoms. The van der Waals surface area contributed by atoms with Crippen molar-refractivity contribution in [2.75, 3.05) is 37.1 Å². The Labute approximate surface area is 139 Å². The number of urea groups is 1. The van der Waals surface area contributed by atoms with Gasteiger partial charge in [0.25, 0.3) is 0 Å². The number of hydrogen-bond donors (Lipinski definition) is 1. The molecule has 1 aliphatic heterocycles. The molecule has 0 bridgehead atoms. The summed E-state index contributed by atoms with van der Waals surface area (Å²) in [6, 6.07) is 3.01. The summed E-state index contributed by atoms with van der Waals surface area (Å²) in [6.07, 6.45) is 0.352. The van der Waals surface area contributed by atoms with Crippen LogP contribution in [-0.4, -0.2) is 57.2 Å². The molecule has 0 saturated carbocycles. The van der Waals surface area contributed by atoms with E-state index >= 15 is 0 Å². The largest absolute Gasteiger partial charge is 0.383 e. The summed E-state index contributed by atoms with van der Waals surface area (Å²) in [5, 5.41) is 2.49. The van der Waals surface area contributed by atoms with Crippen LogP contribution in [0.5, 0.6) is 0 Å². The van der Waals surface area contributed by atoms with Crippen LogP contribution in [-0.2, 0) is 14.6 Å². The maximum Gasteiger partial charge on any atom is 0.322 e. The van der Waals surface area contributed by atoms with E-state index in [1.54, 1.807) is 0 Å². The molecule has 2 amide bonds. The van der Waals surface area contributed by atoms with Crippen LogP contribution in [0.3, 0.4) is 0 Å². The molecule has 1 atom stereocenters. The van der Waals surface area contributed by atoms with E-state index in [0.29, 0.717) is 6.42 Å². The Morgan fingerprint density at radius 1 is 1.52 bits per heavy atom. The lowest BCUT2D eigenvalue weighted by molar-refractivity contribution is 0.140. The molecule has 1 N–H and O–H groups in total. The van der Waals surface area contributed by atoms with Crippen molar-refractivity contribution in [1.29, 1.82) is 0 Å². The minimum absolute atomic E-state index is 0.0366. The summed E-state index contributed by atoms with van der Waals surface area (Å²) in [5.41, 5.74) is -0.123. The molecule has 1 aromatic rings. The zero-order valence-corrected chi connectivity index (χ0v) is 14.2. The third-order valence-corrected chi connectivity index (χ3v) is 5.71. The van der Waals surface area contributed by atoms with Gasteiger partial charge in [-0.3, -0.25) is 0 Å². The van der Waals surface area contributed by atoms with E-state index in [2.05, 4.69) is 5.32 Å². The lowest BCUT2D eigenvalue weighted by Crippen LogP contribution is -2.45. The van der Waals surface area contributed by atoms with Gasteiger partial charge < -0.3 is 15.0 Å².